The summed E-state index contributed by atoms with van der Waals surface area (Å²) in [5.41, 5.74) is 3.42. The van der Waals surface area contributed by atoms with Crippen LogP contribution in [0.2, 0.25) is 0 Å². The van der Waals surface area contributed by atoms with E-state index in [0.29, 0.717) is 28.8 Å². The number of methoxy groups -OCH3 is 2. The molecule has 150 valence electrons. The lowest BCUT2D eigenvalue weighted by molar-refractivity contribution is 0.102. The molecule has 3 aromatic rings. The van der Waals surface area contributed by atoms with Crippen LogP contribution in [0.15, 0.2) is 60.8 Å². The fraction of sp³-hybridized carbons (Fsp3) is 0.217. The summed E-state index contributed by atoms with van der Waals surface area (Å²) in [5.74, 6) is 1.45. The highest BCUT2D eigenvalue weighted by molar-refractivity contribution is 6.07. The summed E-state index contributed by atoms with van der Waals surface area (Å²) in [5, 5.41) is 6.08. The van der Waals surface area contributed by atoms with E-state index in [9.17, 15) is 4.79 Å². The van der Waals surface area contributed by atoms with Crippen molar-refractivity contribution in [1.29, 1.82) is 0 Å². The van der Waals surface area contributed by atoms with E-state index in [0.717, 1.165) is 11.4 Å². The first-order valence-corrected chi connectivity index (χ1v) is 9.37. The van der Waals surface area contributed by atoms with Gasteiger partial charge in [0, 0.05) is 5.69 Å². The third kappa shape index (κ3) is 4.85. The summed E-state index contributed by atoms with van der Waals surface area (Å²) >= 11 is 0. The Bertz CT molecular complexity index is 945. The molecule has 0 radical (unpaired) electrons. The highest BCUT2D eigenvalue weighted by Crippen LogP contribution is 2.29. The Labute approximate surface area is 170 Å². The van der Waals surface area contributed by atoms with E-state index in [4.69, 9.17) is 9.47 Å². The second-order valence-corrected chi connectivity index (χ2v) is 6.83. The number of hydrogen-bond donors (Lipinski definition) is 2. The van der Waals surface area contributed by atoms with Crippen molar-refractivity contribution >= 4 is 23.1 Å². The molecule has 3 rings (SSSR count). The maximum absolute atomic E-state index is 12.7. The second kappa shape index (κ2) is 9.10. The molecular weight excluding hydrogens is 366 g/mol. The molecule has 2 aromatic carbocycles. The van der Waals surface area contributed by atoms with Gasteiger partial charge in [-0.15, -0.1) is 0 Å². The fourth-order valence-electron chi connectivity index (χ4n) is 2.91. The average molecular weight is 391 g/mol. The number of amides is 1. The van der Waals surface area contributed by atoms with Crippen molar-refractivity contribution in [3.05, 3.63) is 71.9 Å². The predicted octanol–water partition coefficient (Wildman–Crippen LogP) is 5.22. The van der Waals surface area contributed by atoms with Crippen molar-refractivity contribution in [2.24, 2.45) is 0 Å². The number of carbonyl (C=O) groups is 1. The van der Waals surface area contributed by atoms with Gasteiger partial charge in [0.05, 0.1) is 26.1 Å². The van der Waals surface area contributed by atoms with Crippen LogP contribution in [0.5, 0.6) is 11.5 Å². The van der Waals surface area contributed by atoms with Crippen LogP contribution in [0.1, 0.15) is 35.7 Å². The molecule has 0 unspecified atom stereocenters. The van der Waals surface area contributed by atoms with E-state index in [1.165, 1.54) is 19.8 Å². The van der Waals surface area contributed by atoms with Gasteiger partial charge in [-0.05, 0) is 47.9 Å². The number of nitrogens with one attached hydrogen (secondary N) is 2. The first kappa shape index (κ1) is 20.2. The van der Waals surface area contributed by atoms with Gasteiger partial charge in [0.15, 0.2) is 0 Å². The highest BCUT2D eigenvalue weighted by atomic mass is 16.5. The van der Waals surface area contributed by atoms with Gasteiger partial charge in [0.25, 0.3) is 5.91 Å². The molecule has 0 saturated heterocycles. The zero-order valence-corrected chi connectivity index (χ0v) is 17.0. The summed E-state index contributed by atoms with van der Waals surface area (Å²) in [6.45, 7) is 4.33. The summed E-state index contributed by atoms with van der Waals surface area (Å²) in [6, 6.07) is 17.1. The molecule has 0 saturated carbocycles. The van der Waals surface area contributed by atoms with Gasteiger partial charge in [-0.1, -0.05) is 32.0 Å². The zero-order valence-electron chi connectivity index (χ0n) is 17.0. The molecule has 0 spiro atoms. The fourth-order valence-corrected chi connectivity index (χ4v) is 2.91. The minimum Gasteiger partial charge on any atom is -0.496 e. The Hall–Kier alpha value is -3.54. The van der Waals surface area contributed by atoms with Crippen LogP contribution >= 0.6 is 0 Å². The van der Waals surface area contributed by atoms with E-state index in [1.54, 1.807) is 30.5 Å². The van der Waals surface area contributed by atoms with Crippen LogP contribution in [-0.4, -0.2) is 25.1 Å². The molecule has 1 heterocycles. The molecule has 0 bridgehead atoms. The number of pyridine rings is 1. The number of ether oxygens (including phenoxy) is 2. The normalized spacial score (nSPS) is 10.5. The highest BCUT2D eigenvalue weighted by Gasteiger charge is 2.18. The van der Waals surface area contributed by atoms with Crippen LogP contribution in [0, 0.1) is 0 Å². The van der Waals surface area contributed by atoms with E-state index in [1.807, 2.05) is 18.2 Å². The summed E-state index contributed by atoms with van der Waals surface area (Å²) in [4.78, 5) is 17.0. The zero-order chi connectivity index (χ0) is 20.8. The number of hydrogen-bond acceptors (Lipinski definition) is 5. The summed E-state index contributed by atoms with van der Waals surface area (Å²) < 4.78 is 10.6. The number of anilines is 3. The van der Waals surface area contributed by atoms with Gasteiger partial charge in [0.2, 0.25) is 0 Å². The molecule has 0 fully saturated rings. The lowest BCUT2D eigenvalue weighted by Gasteiger charge is -2.13. The van der Waals surface area contributed by atoms with E-state index in [-0.39, 0.29) is 5.91 Å². The Kier molecular flexibility index (Phi) is 6.34. The monoisotopic (exact) mass is 391 g/mol. The van der Waals surface area contributed by atoms with E-state index in [2.05, 4.69) is 41.6 Å². The molecule has 0 atom stereocenters. The maximum atomic E-state index is 12.7. The quantitative estimate of drug-likeness (QED) is 0.578. The number of benzene rings is 2. The van der Waals surface area contributed by atoms with Crippen LogP contribution in [0.25, 0.3) is 0 Å². The average Bonchev–Trinajstić information content (AvgIpc) is 2.74. The first-order chi connectivity index (χ1) is 14.0. The molecule has 29 heavy (non-hydrogen) atoms. The van der Waals surface area contributed by atoms with Gasteiger partial charge < -0.3 is 20.1 Å². The molecule has 0 aliphatic carbocycles. The Morgan fingerprint density at radius 1 is 0.897 bits per heavy atom. The number of rotatable bonds is 7. The van der Waals surface area contributed by atoms with Crippen LogP contribution in [-0.2, 0) is 0 Å². The number of carbonyl (C=O) groups excluding carboxylic acids is 1. The Balaban J connectivity index is 1.70. The van der Waals surface area contributed by atoms with Crippen molar-refractivity contribution in [2.75, 3.05) is 24.9 Å². The third-order valence-corrected chi connectivity index (χ3v) is 4.53. The Morgan fingerprint density at radius 2 is 1.52 bits per heavy atom. The molecule has 0 aliphatic heterocycles. The maximum Gasteiger partial charge on any atom is 0.264 e. The lowest BCUT2D eigenvalue weighted by Crippen LogP contribution is -2.15. The Morgan fingerprint density at radius 3 is 2.03 bits per heavy atom. The van der Waals surface area contributed by atoms with Crippen molar-refractivity contribution in [3.63, 3.8) is 0 Å². The summed E-state index contributed by atoms with van der Waals surface area (Å²) in [7, 11) is 3.02. The smallest absolute Gasteiger partial charge is 0.264 e. The van der Waals surface area contributed by atoms with Crippen LogP contribution in [0.3, 0.4) is 0 Å². The predicted molar refractivity (Wildman–Crippen MR) is 116 cm³/mol. The minimum absolute atomic E-state index is 0.326. The van der Waals surface area contributed by atoms with Crippen molar-refractivity contribution in [1.82, 2.24) is 4.98 Å². The van der Waals surface area contributed by atoms with Gasteiger partial charge >= 0.3 is 0 Å². The molecule has 2 N–H and O–H groups in total. The standard InChI is InChI=1S/C23H25N3O3/c1-15(2)16-8-10-17(11-9-16)25-18-12-13-21(24-14-18)26-23(27)22-19(28-3)6-5-7-20(22)29-4/h5-15,25H,1-4H3,(H,24,26,27). The first-order valence-electron chi connectivity index (χ1n) is 9.37. The van der Waals surface area contributed by atoms with Gasteiger partial charge in [-0.3, -0.25) is 4.79 Å². The largest absolute Gasteiger partial charge is 0.496 e. The summed E-state index contributed by atoms with van der Waals surface area (Å²) in [6.07, 6.45) is 1.67. The molecule has 1 aromatic heterocycles. The molecule has 1 amide bonds. The molecular formula is C23H25N3O3. The SMILES string of the molecule is COc1cccc(OC)c1C(=O)Nc1ccc(Nc2ccc(C(C)C)cc2)cn1. The number of aromatic nitrogens is 1. The van der Waals surface area contributed by atoms with Crippen molar-refractivity contribution < 1.29 is 14.3 Å². The topological polar surface area (TPSA) is 72.5 Å². The molecule has 6 heteroatoms. The van der Waals surface area contributed by atoms with E-state index >= 15 is 0 Å². The van der Waals surface area contributed by atoms with Gasteiger partial charge in [-0.25, -0.2) is 4.98 Å². The molecule has 0 aliphatic rings. The van der Waals surface area contributed by atoms with E-state index < -0.39 is 0 Å². The minimum atomic E-state index is -0.350. The van der Waals surface area contributed by atoms with Gasteiger partial charge in [0.1, 0.15) is 22.9 Å². The van der Waals surface area contributed by atoms with Crippen LogP contribution in [0.4, 0.5) is 17.2 Å². The van der Waals surface area contributed by atoms with Crippen molar-refractivity contribution in [2.45, 2.75) is 19.8 Å². The molecule has 6 nitrogen and oxygen atoms in total. The van der Waals surface area contributed by atoms with Crippen molar-refractivity contribution in [3.8, 4) is 11.5 Å². The van der Waals surface area contributed by atoms with Crippen LogP contribution < -0.4 is 20.1 Å². The lowest BCUT2D eigenvalue weighted by atomic mass is 10.0. The third-order valence-electron chi connectivity index (χ3n) is 4.53. The second-order valence-electron chi connectivity index (χ2n) is 6.83. The van der Waals surface area contributed by atoms with Gasteiger partial charge in [-0.2, -0.15) is 0 Å². The number of nitrogens with zero attached hydrogens (tertiary/aromatic N) is 1.